The van der Waals surface area contributed by atoms with Crippen molar-refractivity contribution in [1.82, 2.24) is 15.5 Å². The number of nitrogens with zero attached hydrogens (tertiary/aromatic N) is 1. The lowest BCUT2D eigenvalue weighted by atomic mass is 9.92. The van der Waals surface area contributed by atoms with Crippen LogP contribution in [0.5, 0.6) is 0 Å². The van der Waals surface area contributed by atoms with Gasteiger partial charge in [-0.2, -0.15) is 0 Å². The molecule has 32 heavy (non-hydrogen) atoms. The third kappa shape index (κ3) is 4.77. The molecule has 2 aromatic rings. The molecule has 8 nitrogen and oxygen atoms in total. The van der Waals surface area contributed by atoms with Gasteiger partial charge in [-0.1, -0.05) is 42.0 Å². The van der Waals surface area contributed by atoms with Gasteiger partial charge in [0.1, 0.15) is 17.9 Å². The summed E-state index contributed by atoms with van der Waals surface area (Å²) in [6.45, 7) is 2.86. The maximum Gasteiger partial charge on any atom is 0.325 e. The Morgan fingerprint density at radius 2 is 1.75 bits per heavy atom. The van der Waals surface area contributed by atoms with E-state index in [1.165, 1.54) is 38.3 Å². The SMILES string of the molecule is COC(=O)C[C@H](NC(=O)CN1C(=O)N[C@@](C)(c2ccc(F)cc2)C1=O)c1ccc(C)cc1. The van der Waals surface area contributed by atoms with Gasteiger partial charge < -0.3 is 15.4 Å². The average Bonchev–Trinajstić information content (AvgIpc) is 2.98. The summed E-state index contributed by atoms with van der Waals surface area (Å²) in [5.74, 6) is -2.25. The highest BCUT2D eigenvalue weighted by Crippen LogP contribution is 2.29. The molecule has 0 aliphatic carbocycles. The number of methoxy groups -OCH3 is 1. The van der Waals surface area contributed by atoms with Crippen LogP contribution in [0.15, 0.2) is 48.5 Å². The van der Waals surface area contributed by atoms with Crippen LogP contribution in [0.25, 0.3) is 0 Å². The third-order valence-corrected chi connectivity index (χ3v) is 5.41. The number of amides is 4. The van der Waals surface area contributed by atoms with Gasteiger partial charge >= 0.3 is 12.0 Å². The minimum absolute atomic E-state index is 0.112. The molecule has 0 bridgehead atoms. The molecule has 0 unspecified atom stereocenters. The number of benzene rings is 2. The summed E-state index contributed by atoms with van der Waals surface area (Å²) in [5.41, 5.74) is 0.662. The Morgan fingerprint density at radius 1 is 1.12 bits per heavy atom. The van der Waals surface area contributed by atoms with Gasteiger partial charge in [0.2, 0.25) is 5.91 Å². The molecule has 9 heteroatoms. The molecule has 4 amide bonds. The van der Waals surface area contributed by atoms with Crippen LogP contribution in [0, 0.1) is 12.7 Å². The molecule has 0 radical (unpaired) electrons. The molecule has 2 aromatic carbocycles. The van der Waals surface area contributed by atoms with Crippen molar-refractivity contribution in [2.24, 2.45) is 0 Å². The van der Waals surface area contributed by atoms with Gasteiger partial charge in [0.25, 0.3) is 5.91 Å². The molecule has 2 N–H and O–H groups in total. The molecule has 3 rings (SSSR count). The van der Waals surface area contributed by atoms with Crippen LogP contribution >= 0.6 is 0 Å². The van der Waals surface area contributed by atoms with Crippen molar-refractivity contribution in [3.05, 3.63) is 71.0 Å². The van der Waals surface area contributed by atoms with E-state index in [1.54, 1.807) is 12.1 Å². The average molecular weight is 441 g/mol. The highest BCUT2D eigenvalue weighted by Gasteiger charge is 2.49. The monoisotopic (exact) mass is 441 g/mol. The van der Waals surface area contributed by atoms with E-state index in [0.717, 1.165) is 10.5 Å². The van der Waals surface area contributed by atoms with Crippen LogP contribution in [-0.2, 0) is 24.7 Å². The summed E-state index contributed by atoms with van der Waals surface area (Å²) in [6.07, 6.45) is -0.112. The summed E-state index contributed by atoms with van der Waals surface area (Å²) in [7, 11) is 1.25. The van der Waals surface area contributed by atoms with E-state index in [1.807, 2.05) is 19.1 Å². The van der Waals surface area contributed by atoms with E-state index >= 15 is 0 Å². The van der Waals surface area contributed by atoms with Gasteiger partial charge in [0, 0.05) is 0 Å². The summed E-state index contributed by atoms with van der Waals surface area (Å²) in [4.78, 5) is 50.8. The summed E-state index contributed by atoms with van der Waals surface area (Å²) < 4.78 is 18.0. The van der Waals surface area contributed by atoms with Crippen LogP contribution in [-0.4, -0.2) is 42.4 Å². The van der Waals surface area contributed by atoms with Crippen molar-refractivity contribution in [2.75, 3.05) is 13.7 Å². The Bertz CT molecular complexity index is 1040. The number of carbonyl (C=O) groups excluding carboxylic acids is 4. The minimum Gasteiger partial charge on any atom is -0.469 e. The van der Waals surface area contributed by atoms with Crippen LogP contribution in [0.3, 0.4) is 0 Å². The Kier molecular flexibility index (Phi) is 6.57. The van der Waals surface area contributed by atoms with Crippen molar-refractivity contribution in [1.29, 1.82) is 0 Å². The molecule has 0 spiro atoms. The molecule has 1 aliphatic heterocycles. The van der Waals surface area contributed by atoms with Crippen molar-refractivity contribution in [3.63, 3.8) is 0 Å². The van der Waals surface area contributed by atoms with E-state index in [2.05, 4.69) is 10.6 Å². The number of aryl methyl sites for hydroxylation is 1. The largest absolute Gasteiger partial charge is 0.469 e. The first-order valence-electron chi connectivity index (χ1n) is 9.97. The fourth-order valence-electron chi connectivity index (χ4n) is 3.50. The molecule has 168 valence electrons. The van der Waals surface area contributed by atoms with Gasteiger partial charge in [0.15, 0.2) is 0 Å². The zero-order valence-electron chi connectivity index (χ0n) is 18.0. The standard InChI is InChI=1S/C23H24FN3O5/c1-14-4-6-15(7-5-14)18(12-20(29)32-3)25-19(28)13-27-21(30)23(2,26-22(27)31)16-8-10-17(24)11-9-16/h4-11,18H,12-13H2,1-3H3,(H,25,28)(H,26,31)/t18-,23-/m0/s1. The number of esters is 1. The van der Waals surface area contributed by atoms with E-state index in [9.17, 15) is 23.6 Å². The second-order valence-corrected chi connectivity index (χ2v) is 7.76. The first-order chi connectivity index (χ1) is 15.1. The molecular formula is C23H24FN3O5. The van der Waals surface area contributed by atoms with E-state index in [4.69, 9.17) is 4.74 Å². The van der Waals surface area contributed by atoms with E-state index in [-0.39, 0.29) is 6.42 Å². The number of hydrogen-bond donors (Lipinski definition) is 2. The predicted molar refractivity (Wildman–Crippen MR) is 113 cm³/mol. The number of urea groups is 1. The van der Waals surface area contributed by atoms with Gasteiger partial charge in [-0.25, -0.2) is 9.18 Å². The topological polar surface area (TPSA) is 105 Å². The van der Waals surface area contributed by atoms with E-state index < -0.39 is 47.8 Å². The number of imide groups is 1. The van der Waals surface area contributed by atoms with Gasteiger partial charge in [-0.05, 0) is 37.1 Å². The number of ether oxygens (including phenoxy) is 1. The summed E-state index contributed by atoms with van der Waals surface area (Å²) in [6, 6.07) is 11.0. The lowest BCUT2D eigenvalue weighted by Gasteiger charge is -2.23. The Hall–Kier alpha value is -3.75. The number of halogens is 1. The molecule has 1 aliphatic rings. The fourth-order valence-corrected chi connectivity index (χ4v) is 3.50. The van der Waals surface area contributed by atoms with Crippen LogP contribution in [0.4, 0.5) is 9.18 Å². The van der Waals surface area contributed by atoms with E-state index in [0.29, 0.717) is 11.1 Å². The lowest BCUT2D eigenvalue weighted by Crippen LogP contribution is -2.44. The van der Waals surface area contributed by atoms with Crippen LogP contribution in [0.1, 0.15) is 36.1 Å². The van der Waals surface area contributed by atoms with Crippen molar-refractivity contribution < 1.29 is 28.3 Å². The second kappa shape index (κ2) is 9.17. The molecule has 0 saturated carbocycles. The fraction of sp³-hybridized carbons (Fsp3) is 0.304. The molecule has 1 heterocycles. The zero-order chi connectivity index (χ0) is 23.5. The second-order valence-electron chi connectivity index (χ2n) is 7.76. The molecule has 0 aromatic heterocycles. The number of rotatable bonds is 7. The number of hydrogen-bond acceptors (Lipinski definition) is 5. The quantitative estimate of drug-likeness (QED) is 0.507. The summed E-state index contributed by atoms with van der Waals surface area (Å²) >= 11 is 0. The first kappa shape index (κ1) is 22.9. The third-order valence-electron chi connectivity index (χ3n) is 5.41. The molecule has 1 saturated heterocycles. The maximum absolute atomic E-state index is 13.3. The van der Waals surface area contributed by atoms with Crippen molar-refractivity contribution in [3.8, 4) is 0 Å². The maximum atomic E-state index is 13.3. The highest BCUT2D eigenvalue weighted by molar-refractivity contribution is 6.09. The lowest BCUT2D eigenvalue weighted by molar-refractivity contribution is -0.141. The molecule has 2 atom stereocenters. The van der Waals surface area contributed by atoms with Crippen molar-refractivity contribution in [2.45, 2.75) is 31.8 Å². The predicted octanol–water partition coefficient (Wildman–Crippen LogP) is 2.32. The Balaban J connectivity index is 1.75. The highest BCUT2D eigenvalue weighted by atomic mass is 19.1. The van der Waals surface area contributed by atoms with Crippen LogP contribution < -0.4 is 10.6 Å². The van der Waals surface area contributed by atoms with Gasteiger partial charge in [0.05, 0.1) is 19.6 Å². The Morgan fingerprint density at radius 3 is 2.34 bits per heavy atom. The molecular weight excluding hydrogens is 417 g/mol. The van der Waals surface area contributed by atoms with Crippen LogP contribution in [0.2, 0.25) is 0 Å². The smallest absolute Gasteiger partial charge is 0.325 e. The Labute approximate surface area is 184 Å². The zero-order valence-corrected chi connectivity index (χ0v) is 18.0. The van der Waals surface area contributed by atoms with Gasteiger partial charge in [-0.15, -0.1) is 0 Å². The number of carbonyl (C=O) groups is 4. The van der Waals surface area contributed by atoms with Gasteiger partial charge in [-0.3, -0.25) is 19.3 Å². The number of nitrogens with one attached hydrogen (secondary N) is 2. The molecule has 1 fully saturated rings. The normalized spacial score (nSPS) is 18.8. The van der Waals surface area contributed by atoms with Crippen molar-refractivity contribution >= 4 is 23.8 Å². The first-order valence-corrected chi connectivity index (χ1v) is 9.97. The summed E-state index contributed by atoms with van der Waals surface area (Å²) in [5, 5.41) is 5.26. The minimum atomic E-state index is -1.42.